The number of rotatable bonds is 4. The molecule has 4 rings (SSSR count). The van der Waals surface area contributed by atoms with Crippen molar-refractivity contribution in [3.8, 4) is 17.4 Å². The fraction of sp³-hybridized carbons (Fsp3) is 0.450. The Kier molecular flexibility index (Phi) is 4.83. The number of carbonyl (C=O) groups excluding carboxylic acids is 1. The summed E-state index contributed by atoms with van der Waals surface area (Å²) in [6.07, 6.45) is 2.12. The number of hydrogen-bond donors (Lipinski definition) is 0. The maximum atomic E-state index is 12.7. The number of amides is 1. The minimum atomic E-state index is -0.0480. The first-order valence-corrected chi connectivity index (χ1v) is 9.22. The molecule has 1 atom stereocenters. The van der Waals surface area contributed by atoms with E-state index in [0.717, 1.165) is 36.4 Å². The molecule has 1 fully saturated rings. The lowest BCUT2D eigenvalue weighted by Gasteiger charge is -2.32. The van der Waals surface area contributed by atoms with Crippen molar-refractivity contribution in [2.75, 3.05) is 19.9 Å². The van der Waals surface area contributed by atoms with E-state index in [1.165, 1.54) is 0 Å². The third-order valence-corrected chi connectivity index (χ3v) is 4.75. The fourth-order valence-corrected chi connectivity index (χ4v) is 3.51. The molecule has 142 valence electrons. The fourth-order valence-electron chi connectivity index (χ4n) is 3.51. The van der Waals surface area contributed by atoms with Crippen LogP contribution in [0.25, 0.3) is 0 Å². The zero-order chi connectivity index (χ0) is 18.8. The second-order valence-corrected chi connectivity index (χ2v) is 6.98. The van der Waals surface area contributed by atoms with Crippen molar-refractivity contribution in [2.24, 2.45) is 0 Å². The van der Waals surface area contributed by atoms with Crippen LogP contribution in [-0.2, 0) is 11.2 Å². The van der Waals surface area contributed by atoms with Crippen LogP contribution in [0, 0.1) is 13.8 Å². The summed E-state index contributed by atoms with van der Waals surface area (Å²) in [6.45, 7) is 5.34. The summed E-state index contributed by atoms with van der Waals surface area (Å²) in [7, 11) is 0. The van der Waals surface area contributed by atoms with Crippen LogP contribution in [-0.4, -0.2) is 46.8 Å². The van der Waals surface area contributed by atoms with Crippen molar-refractivity contribution in [2.45, 2.75) is 39.2 Å². The van der Waals surface area contributed by atoms with Crippen molar-refractivity contribution >= 4 is 5.91 Å². The molecule has 1 aromatic carbocycles. The summed E-state index contributed by atoms with van der Waals surface area (Å²) in [6, 6.07) is 7.48. The van der Waals surface area contributed by atoms with Gasteiger partial charge in [-0.15, -0.1) is 0 Å². The lowest BCUT2D eigenvalue weighted by molar-refractivity contribution is -0.133. The van der Waals surface area contributed by atoms with E-state index >= 15 is 0 Å². The Morgan fingerprint density at radius 2 is 2.07 bits per heavy atom. The van der Waals surface area contributed by atoms with E-state index in [2.05, 4.69) is 9.97 Å². The van der Waals surface area contributed by atoms with Gasteiger partial charge in [-0.2, -0.15) is 4.98 Å². The monoisotopic (exact) mass is 369 g/mol. The second-order valence-electron chi connectivity index (χ2n) is 6.98. The number of fused-ring (bicyclic) bond motifs is 1. The van der Waals surface area contributed by atoms with Crippen LogP contribution in [0.5, 0.6) is 17.4 Å². The molecule has 0 aliphatic carbocycles. The first-order valence-electron chi connectivity index (χ1n) is 9.22. The maximum Gasteiger partial charge on any atom is 0.231 e. The summed E-state index contributed by atoms with van der Waals surface area (Å²) in [5, 5.41) is 0. The summed E-state index contributed by atoms with van der Waals surface area (Å²) in [4.78, 5) is 23.2. The highest BCUT2D eigenvalue weighted by Gasteiger charge is 2.26. The van der Waals surface area contributed by atoms with Gasteiger partial charge in [0.2, 0.25) is 18.6 Å². The molecule has 1 saturated heterocycles. The van der Waals surface area contributed by atoms with Crippen molar-refractivity contribution in [1.82, 2.24) is 14.9 Å². The Balaban J connectivity index is 1.38. The zero-order valence-corrected chi connectivity index (χ0v) is 15.6. The second kappa shape index (κ2) is 7.42. The molecule has 7 heteroatoms. The summed E-state index contributed by atoms with van der Waals surface area (Å²) >= 11 is 0. The molecule has 0 bridgehead atoms. The van der Waals surface area contributed by atoms with Crippen LogP contribution in [0.3, 0.4) is 0 Å². The first-order chi connectivity index (χ1) is 13.1. The van der Waals surface area contributed by atoms with Gasteiger partial charge in [-0.1, -0.05) is 6.07 Å². The van der Waals surface area contributed by atoms with E-state index in [0.29, 0.717) is 30.4 Å². The number of nitrogens with zero attached hydrogens (tertiary/aromatic N) is 3. The zero-order valence-electron chi connectivity index (χ0n) is 15.6. The standard InChI is InChI=1S/C20H23N3O4/c1-13-8-19(22-14(2)21-13)27-16-4-3-7-23(11-16)20(24)10-15-5-6-17-18(9-15)26-12-25-17/h5-6,8-9,16H,3-4,7,10-12H2,1-2H3/t16-/m1/s1. The van der Waals surface area contributed by atoms with Crippen LogP contribution in [0.1, 0.15) is 29.9 Å². The smallest absolute Gasteiger partial charge is 0.231 e. The number of aryl methyl sites for hydroxylation is 2. The molecular formula is C20H23N3O4. The number of likely N-dealkylation sites (tertiary alicyclic amines) is 1. The SMILES string of the molecule is Cc1cc(O[C@@H]2CCCN(C(=O)Cc3ccc4c(c3)OCO4)C2)nc(C)n1. The normalized spacial score (nSPS) is 18.4. The summed E-state index contributed by atoms with van der Waals surface area (Å²) < 4.78 is 16.7. The average Bonchev–Trinajstić information content (AvgIpc) is 3.09. The van der Waals surface area contributed by atoms with E-state index in [1.54, 1.807) is 0 Å². The Labute approximate surface area is 158 Å². The molecule has 1 aromatic heterocycles. The van der Waals surface area contributed by atoms with Gasteiger partial charge in [0.15, 0.2) is 11.5 Å². The molecule has 0 saturated carbocycles. The van der Waals surface area contributed by atoms with E-state index < -0.39 is 0 Å². The third kappa shape index (κ3) is 4.13. The Hall–Kier alpha value is -2.83. The number of benzene rings is 1. The molecule has 7 nitrogen and oxygen atoms in total. The predicted molar refractivity (Wildman–Crippen MR) is 98.0 cm³/mol. The van der Waals surface area contributed by atoms with Crippen LogP contribution in [0.2, 0.25) is 0 Å². The lowest BCUT2D eigenvalue weighted by Crippen LogP contribution is -2.45. The van der Waals surface area contributed by atoms with Gasteiger partial charge in [0.25, 0.3) is 0 Å². The van der Waals surface area contributed by atoms with Gasteiger partial charge >= 0.3 is 0 Å². The maximum absolute atomic E-state index is 12.7. The van der Waals surface area contributed by atoms with Crippen molar-refractivity contribution in [3.05, 3.63) is 41.3 Å². The number of ether oxygens (including phenoxy) is 3. The van der Waals surface area contributed by atoms with Gasteiger partial charge in [-0.25, -0.2) is 4.98 Å². The van der Waals surface area contributed by atoms with Gasteiger partial charge in [0.05, 0.1) is 13.0 Å². The van der Waals surface area contributed by atoms with Crippen molar-refractivity contribution in [3.63, 3.8) is 0 Å². The van der Waals surface area contributed by atoms with Crippen LogP contribution in [0.4, 0.5) is 0 Å². The van der Waals surface area contributed by atoms with Crippen LogP contribution >= 0.6 is 0 Å². The molecule has 0 spiro atoms. The van der Waals surface area contributed by atoms with E-state index in [1.807, 2.05) is 43.0 Å². The summed E-state index contributed by atoms with van der Waals surface area (Å²) in [5.74, 6) is 2.80. The molecular weight excluding hydrogens is 346 g/mol. The quantitative estimate of drug-likeness (QED) is 0.824. The number of piperidine rings is 1. The van der Waals surface area contributed by atoms with Crippen LogP contribution < -0.4 is 14.2 Å². The number of aromatic nitrogens is 2. The van der Waals surface area contributed by atoms with E-state index in [9.17, 15) is 4.79 Å². The Morgan fingerprint density at radius 1 is 1.22 bits per heavy atom. The largest absolute Gasteiger partial charge is 0.472 e. The minimum absolute atomic E-state index is 0.0480. The average molecular weight is 369 g/mol. The topological polar surface area (TPSA) is 73.8 Å². The molecule has 3 heterocycles. The summed E-state index contributed by atoms with van der Waals surface area (Å²) in [5.41, 5.74) is 1.80. The van der Waals surface area contributed by atoms with Gasteiger partial charge in [-0.05, 0) is 44.4 Å². The van der Waals surface area contributed by atoms with Crippen LogP contribution in [0.15, 0.2) is 24.3 Å². The van der Waals surface area contributed by atoms with Gasteiger partial charge in [0, 0.05) is 18.3 Å². The van der Waals surface area contributed by atoms with Crippen molar-refractivity contribution in [1.29, 1.82) is 0 Å². The molecule has 2 aliphatic heterocycles. The highest BCUT2D eigenvalue weighted by atomic mass is 16.7. The van der Waals surface area contributed by atoms with E-state index in [4.69, 9.17) is 14.2 Å². The molecule has 0 unspecified atom stereocenters. The van der Waals surface area contributed by atoms with Gasteiger partial charge in [-0.3, -0.25) is 4.79 Å². The van der Waals surface area contributed by atoms with Gasteiger partial charge < -0.3 is 19.1 Å². The van der Waals surface area contributed by atoms with Gasteiger partial charge in [0.1, 0.15) is 11.9 Å². The lowest BCUT2D eigenvalue weighted by atomic mass is 10.1. The highest BCUT2D eigenvalue weighted by molar-refractivity contribution is 5.79. The molecule has 2 aromatic rings. The number of carbonyl (C=O) groups is 1. The minimum Gasteiger partial charge on any atom is -0.472 e. The molecule has 0 N–H and O–H groups in total. The third-order valence-electron chi connectivity index (χ3n) is 4.75. The molecule has 27 heavy (non-hydrogen) atoms. The molecule has 2 aliphatic rings. The van der Waals surface area contributed by atoms with E-state index in [-0.39, 0.29) is 18.8 Å². The highest BCUT2D eigenvalue weighted by Crippen LogP contribution is 2.32. The number of hydrogen-bond acceptors (Lipinski definition) is 6. The Morgan fingerprint density at radius 3 is 2.93 bits per heavy atom. The first kappa shape index (κ1) is 17.6. The Bertz CT molecular complexity index is 835. The molecule has 1 amide bonds. The predicted octanol–water partition coefficient (Wildman–Crippen LogP) is 2.43. The molecule has 0 radical (unpaired) electrons. The van der Waals surface area contributed by atoms with Crippen molar-refractivity contribution < 1.29 is 19.0 Å².